The van der Waals surface area contributed by atoms with Gasteiger partial charge in [-0.1, -0.05) is 19.4 Å². The molecule has 1 heterocycles. The van der Waals surface area contributed by atoms with Gasteiger partial charge in [0.25, 0.3) is 0 Å². The molecule has 2 fully saturated rings. The first-order valence-corrected chi connectivity index (χ1v) is 10.2. The smallest absolute Gasteiger partial charge is 0.228 e. The van der Waals surface area contributed by atoms with Crippen molar-refractivity contribution >= 4 is 5.78 Å². The quantitative estimate of drug-likeness (QED) is 0.408. The van der Waals surface area contributed by atoms with E-state index in [-0.39, 0.29) is 17.1 Å². The molecule has 164 valence electrons. The Labute approximate surface area is 170 Å². The number of hydrogen-bond donors (Lipinski definition) is 5. The number of aliphatic hydroxyl groups is 5. The van der Waals surface area contributed by atoms with Crippen LogP contribution in [-0.2, 0) is 14.3 Å². The highest BCUT2D eigenvalue weighted by Crippen LogP contribution is 2.52. The Morgan fingerprint density at radius 3 is 2.62 bits per heavy atom. The van der Waals surface area contributed by atoms with Crippen molar-refractivity contribution in [2.75, 3.05) is 6.61 Å². The Bertz CT molecular complexity index is 686. The number of carbonyl (C=O) groups excluding carboxylic acids is 1. The molecule has 1 saturated heterocycles. The van der Waals surface area contributed by atoms with E-state index in [0.717, 1.165) is 5.57 Å². The average Bonchev–Trinajstić information content (AvgIpc) is 2.70. The van der Waals surface area contributed by atoms with Crippen molar-refractivity contribution < 1.29 is 39.8 Å². The summed E-state index contributed by atoms with van der Waals surface area (Å²) < 4.78 is 10.8. The lowest BCUT2D eigenvalue weighted by atomic mass is 9.57. The van der Waals surface area contributed by atoms with Gasteiger partial charge in [0.2, 0.25) is 6.29 Å². The minimum atomic E-state index is -1.52. The monoisotopic (exact) mass is 412 g/mol. The van der Waals surface area contributed by atoms with Gasteiger partial charge in [-0.05, 0) is 49.2 Å². The molecule has 0 spiro atoms. The molecular weight excluding hydrogens is 380 g/mol. The van der Waals surface area contributed by atoms with Crippen molar-refractivity contribution in [3.63, 3.8) is 0 Å². The Balaban J connectivity index is 1.74. The van der Waals surface area contributed by atoms with E-state index in [0.29, 0.717) is 24.8 Å². The summed E-state index contributed by atoms with van der Waals surface area (Å²) in [5, 5.41) is 49.4. The van der Waals surface area contributed by atoms with Gasteiger partial charge < -0.3 is 35.0 Å². The van der Waals surface area contributed by atoms with Crippen LogP contribution in [0.25, 0.3) is 0 Å². The van der Waals surface area contributed by atoms with Gasteiger partial charge in [0.15, 0.2) is 5.78 Å². The third kappa shape index (κ3) is 4.02. The Kier molecular flexibility index (Phi) is 6.53. The maximum absolute atomic E-state index is 12.7. The van der Waals surface area contributed by atoms with Gasteiger partial charge in [-0.3, -0.25) is 4.79 Å². The molecule has 3 rings (SSSR count). The predicted octanol–water partition coefficient (Wildman–Crippen LogP) is 0.0192. The summed E-state index contributed by atoms with van der Waals surface area (Å²) in [4.78, 5) is 12.7. The third-order valence-corrected chi connectivity index (χ3v) is 7.10. The van der Waals surface area contributed by atoms with Gasteiger partial charge in [-0.2, -0.15) is 0 Å². The average molecular weight is 412 g/mol. The SMILES string of the molecule is CC(=CO[C@@H]1O[C@H](CO)[C@@H](O)[C@H](O)[C@H]1O)[C@@H]1C[C@@]2(C)C(=CC1=O)CC[C@@H](O)[C@@H]2C. The summed E-state index contributed by atoms with van der Waals surface area (Å²) in [7, 11) is 0. The molecule has 0 aromatic carbocycles. The molecule has 0 aromatic rings. The minimum Gasteiger partial charge on any atom is -0.470 e. The Morgan fingerprint density at radius 1 is 1.28 bits per heavy atom. The zero-order valence-electron chi connectivity index (χ0n) is 17.1. The van der Waals surface area contributed by atoms with Crippen molar-refractivity contribution in [1.82, 2.24) is 0 Å². The van der Waals surface area contributed by atoms with Crippen LogP contribution < -0.4 is 0 Å². The molecule has 5 N–H and O–H groups in total. The van der Waals surface area contributed by atoms with Gasteiger partial charge in [0, 0.05) is 5.92 Å². The normalized spacial score (nSPS) is 46.1. The standard InChI is InChI=1S/C21H32O8/c1-10(9-28-20-19(27)18(26)17(25)16(8-22)29-20)13-7-21(3)11(2)14(23)5-4-12(21)6-15(13)24/h6,9,11,13-14,16-20,22-23,25-27H,4-5,7-8H2,1-3H3/t11-,13-,14+,16+,17+,18-,19+,20+,21+/m0/s1. The lowest BCUT2D eigenvalue weighted by Crippen LogP contribution is -2.58. The zero-order chi connectivity index (χ0) is 21.5. The predicted molar refractivity (Wildman–Crippen MR) is 102 cm³/mol. The second kappa shape index (κ2) is 8.45. The van der Waals surface area contributed by atoms with Gasteiger partial charge in [0.05, 0.1) is 19.0 Å². The summed E-state index contributed by atoms with van der Waals surface area (Å²) in [5.41, 5.74) is 1.43. The largest absolute Gasteiger partial charge is 0.470 e. The summed E-state index contributed by atoms with van der Waals surface area (Å²) in [5.74, 6) is -0.425. The number of aliphatic hydroxyl groups excluding tert-OH is 5. The van der Waals surface area contributed by atoms with Gasteiger partial charge in [-0.15, -0.1) is 0 Å². The number of ketones is 1. The van der Waals surface area contributed by atoms with Crippen LogP contribution in [0, 0.1) is 17.3 Å². The topological polar surface area (TPSA) is 137 Å². The molecule has 8 heteroatoms. The molecule has 0 radical (unpaired) electrons. The molecular formula is C21H32O8. The molecule has 3 aliphatic rings. The van der Waals surface area contributed by atoms with Gasteiger partial charge in [-0.25, -0.2) is 0 Å². The van der Waals surface area contributed by atoms with Crippen LogP contribution in [0.5, 0.6) is 0 Å². The number of fused-ring (bicyclic) bond motifs is 1. The summed E-state index contributed by atoms with van der Waals surface area (Å²) in [6.45, 7) is 5.30. The van der Waals surface area contributed by atoms with Crippen LogP contribution >= 0.6 is 0 Å². The lowest BCUT2D eigenvalue weighted by molar-refractivity contribution is -0.288. The van der Waals surface area contributed by atoms with Crippen molar-refractivity contribution in [2.45, 2.75) is 76.8 Å². The summed E-state index contributed by atoms with van der Waals surface area (Å²) in [6, 6.07) is 0. The van der Waals surface area contributed by atoms with Crippen LogP contribution in [0.1, 0.15) is 40.0 Å². The molecule has 8 nitrogen and oxygen atoms in total. The van der Waals surface area contributed by atoms with Crippen molar-refractivity contribution in [1.29, 1.82) is 0 Å². The van der Waals surface area contributed by atoms with E-state index in [1.54, 1.807) is 13.0 Å². The maximum atomic E-state index is 12.7. The van der Waals surface area contributed by atoms with Gasteiger partial charge >= 0.3 is 0 Å². The number of rotatable bonds is 4. The van der Waals surface area contributed by atoms with Crippen LogP contribution in [0.15, 0.2) is 23.5 Å². The second-order valence-corrected chi connectivity index (χ2v) is 8.84. The molecule has 0 unspecified atom stereocenters. The van der Waals surface area contributed by atoms with E-state index in [1.165, 1.54) is 6.26 Å². The van der Waals surface area contributed by atoms with E-state index < -0.39 is 49.3 Å². The molecule has 29 heavy (non-hydrogen) atoms. The third-order valence-electron chi connectivity index (χ3n) is 7.10. The van der Waals surface area contributed by atoms with E-state index >= 15 is 0 Å². The van der Waals surface area contributed by atoms with E-state index in [4.69, 9.17) is 9.47 Å². The molecule has 9 atom stereocenters. The highest BCUT2D eigenvalue weighted by atomic mass is 16.7. The fraction of sp³-hybridized carbons (Fsp3) is 0.762. The first-order valence-electron chi connectivity index (χ1n) is 10.2. The fourth-order valence-electron chi connectivity index (χ4n) is 4.73. The van der Waals surface area contributed by atoms with Crippen LogP contribution in [0.4, 0.5) is 0 Å². The van der Waals surface area contributed by atoms with Crippen LogP contribution in [-0.4, -0.2) is 74.7 Å². The van der Waals surface area contributed by atoms with Gasteiger partial charge in [0.1, 0.15) is 24.4 Å². The number of carbonyl (C=O) groups is 1. The molecule has 1 aliphatic heterocycles. The lowest BCUT2D eigenvalue weighted by Gasteiger charge is -2.48. The molecule has 0 amide bonds. The Hall–Kier alpha value is -1.29. The Morgan fingerprint density at radius 2 is 1.97 bits per heavy atom. The maximum Gasteiger partial charge on any atom is 0.228 e. The van der Waals surface area contributed by atoms with E-state index in [9.17, 15) is 30.3 Å². The molecule has 1 saturated carbocycles. The van der Waals surface area contributed by atoms with Crippen LogP contribution in [0.2, 0.25) is 0 Å². The first-order chi connectivity index (χ1) is 13.6. The number of hydrogen-bond acceptors (Lipinski definition) is 8. The van der Waals surface area contributed by atoms with E-state index in [2.05, 4.69) is 6.92 Å². The molecule has 0 bridgehead atoms. The summed E-state index contributed by atoms with van der Waals surface area (Å²) in [6.07, 6.45) is -2.27. The first kappa shape index (κ1) is 22.4. The van der Waals surface area contributed by atoms with E-state index in [1.807, 2.05) is 6.92 Å². The van der Waals surface area contributed by atoms with Crippen molar-refractivity contribution in [3.05, 3.63) is 23.5 Å². The zero-order valence-corrected chi connectivity index (χ0v) is 17.1. The van der Waals surface area contributed by atoms with Crippen LogP contribution in [0.3, 0.4) is 0 Å². The van der Waals surface area contributed by atoms with Crippen molar-refractivity contribution in [2.24, 2.45) is 17.3 Å². The summed E-state index contributed by atoms with van der Waals surface area (Å²) >= 11 is 0. The molecule has 2 aliphatic carbocycles. The van der Waals surface area contributed by atoms with Crippen molar-refractivity contribution in [3.8, 4) is 0 Å². The highest BCUT2D eigenvalue weighted by Gasteiger charge is 2.48. The minimum absolute atomic E-state index is 0.0211. The number of allylic oxidation sites excluding steroid dienone is 3. The molecule has 0 aromatic heterocycles. The fourth-order valence-corrected chi connectivity index (χ4v) is 4.73. The number of ether oxygens (including phenoxy) is 2. The second-order valence-electron chi connectivity index (χ2n) is 8.84. The highest BCUT2D eigenvalue weighted by molar-refractivity contribution is 5.95.